The van der Waals surface area contributed by atoms with Gasteiger partial charge in [0.15, 0.2) is 0 Å². The minimum Gasteiger partial charge on any atom is -0.367 e. The van der Waals surface area contributed by atoms with E-state index in [2.05, 4.69) is 35.7 Å². The van der Waals surface area contributed by atoms with Gasteiger partial charge in [-0.15, -0.1) is 0 Å². The first-order valence-electron chi connectivity index (χ1n) is 2.63. The van der Waals surface area contributed by atoms with Gasteiger partial charge in [0.2, 0.25) is 0 Å². The molecule has 0 bridgehead atoms. The van der Waals surface area contributed by atoms with E-state index in [1.165, 1.54) is 0 Å². The Bertz CT molecular complexity index is 103. The highest BCUT2D eigenvalue weighted by molar-refractivity contribution is 7.38. The van der Waals surface area contributed by atoms with Gasteiger partial charge in [0, 0.05) is 13.2 Å². The molecular formula is C5H11N2P. The molecule has 0 saturated heterocycles. The average Bonchev–Trinajstić information content (AvgIpc) is 1.64. The van der Waals surface area contributed by atoms with Crippen molar-refractivity contribution in [3.05, 3.63) is 12.0 Å². The van der Waals surface area contributed by atoms with E-state index in [0.29, 0.717) is 0 Å². The fraction of sp³-hybridized carbons (Fsp3) is 0.600. The van der Waals surface area contributed by atoms with E-state index >= 15 is 0 Å². The summed E-state index contributed by atoms with van der Waals surface area (Å²) in [7, 11) is 5.08. The molecular weight excluding hydrogens is 119 g/mol. The lowest BCUT2D eigenvalue weighted by Gasteiger charge is -2.25. The third-order valence-electron chi connectivity index (χ3n) is 1.06. The monoisotopic (exact) mass is 130 g/mol. The van der Waals surface area contributed by atoms with Crippen molar-refractivity contribution in [1.82, 2.24) is 9.57 Å². The summed E-state index contributed by atoms with van der Waals surface area (Å²) in [6, 6.07) is 0. The van der Waals surface area contributed by atoms with Crippen molar-refractivity contribution in [1.29, 1.82) is 0 Å². The first-order chi connectivity index (χ1) is 3.79. The van der Waals surface area contributed by atoms with Crippen LogP contribution in [-0.4, -0.2) is 30.3 Å². The Hall–Kier alpha value is -0.0700. The molecule has 8 heavy (non-hydrogen) atoms. The molecule has 1 aliphatic heterocycles. The van der Waals surface area contributed by atoms with Crippen LogP contribution in [0.4, 0.5) is 0 Å². The molecule has 3 heteroatoms. The highest BCUT2D eigenvalue weighted by Gasteiger charge is 2.01. The molecule has 1 aliphatic rings. The van der Waals surface area contributed by atoms with Crippen LogP contribution in [0.2, 0.25) is 0 Å². The Morgan fingerprint density at radius 1 is 1.50 bits per heavy atom. The standard InChI is InChI=1S/C5H11N2P/c1-6-3-4-8-7(2)5-6/h3-4,8H,5H2,1-2H3. The lowest BCUT2D eigenvalue weighted by molar-refractivity contribution is 0.334. The third kappa shape index (κ3) is 1.46. The van der Waals surface area contributed by atoms with Crippen molar-refractivity contribution in [2.45, 2.75) is 0 Å². The van der Waals surface area contributed by atoms with Crippen molar-refractivity contribution in [3.8, 4) is 0 Å². The Morgan fingerprint density at radius 3 is 2.62 bits per heavy atom. The van der Waals surface area contributed by atoms with Gasteiger partial charge in [-0.2, -0.15) is 0 Å². The molecule has 0 amide bonds. The summed E-state index contributed by atoms with van der Waals surface area (Å²) in [5.74, 6) is 2.18. The highest BCUT2D eigenvalue weighted by Crippen LogP contribution is 2.20. The van der Waals surface area contributed by atoms with Crippen molar-refractivity contribution in [2.24, 2.45) is 0 Å². The van der Waals surface area contributed by atoms with E-state index in [-0.39, 0.29) is 0 Å². The lowest BCUT2D eigenvalue weighted by atomic mass is 10.8. The first kappa shape index (κ1) is 6.06. The highest BCUT2D eigenvalue weighted by atomic mass is 31.1. The van der Waals surface area contributed by atoms with Crippen molar-refractivity contribution in [3.63, 3.8) is 0 Å². The Morgan fingerprint density at radius 2 is 2.25 bits per heavy atom. The fourth-order valence-electron chi connectivity index (χ4n) is 0.710. The quantitative estimate of drug-likeness (QED) is 0.449. The largest absolute Gasteiger partial charge is 0.367 e. The average molecular weight is 130 g/mol. The maximum atomic E-state index is 2.28. The van der Waals surface area contributed by atoms with Gasteiger partial charge in [-0.1, -0.05) is 0 Å². The second-order valence-electron chi connectivity index (χ2n) is 2.04. The number of rotatable bonds is 0. The Kier molecular flexibility index (Phi) is 1.87. The minimum absolute atomic E-state index is 0.873. The molecule has 1 heterocycles. The van der Waals surface area contributed by atoms with Gasteiger partial charge in [0.25, 0.3) is 0 Å². The van der Waals surface area contributed by atoms with Crippen LogP contribution in [0.1, 0.15) is 0 Å². The molecule has 1 unspecified atom stereocenters. The molecule has 1 atom stereocenters. The SMILES string of the molecule is CN1C=CPN(C)C1. The van der Waals surface area contributed by atoms with Crippen LogP contribution in [0.3, 0.4) is 0 Å². The van der Waals surface area contributed by atoms with Crippen molar-refractivity contribution in [2.75, 3.05) is 20.8 Å². The second-order valence-corrected chi connectivity index (χ2v) is 3.40. The molecule has 0 fully saturated rings. The third-order valence-corrected chi connectivity index (χ3v) is 1.94. The number of hydrogen-bond acceptors (Lipinski definition) is 2. The smallest absolute Gasteiger partial charge is 0.0729 e. The van der Waals surface area contributed by atoms with E-state index in [9.17, 15) is 0 Å². The van der Waals surface area contributed by atoms with Crippen LogP contribution in [0, 0.1) is 0 Å². The molecule has 0 aromatic heterocycles. The van der Waals surface area contributed by atoms with Crippen molar-refractivity contribution >= 4 is 8.73 Å². The molecule has 2 nitrogen and oxygen atoms in total. The summed E-state index contributed by atoms with van der Waals surface area (Å²) in [6.07, 6.45) is 2.12. The lowest BCUT2D eigenvalue weighted by Crippen LogP contribution is -2.25. The molecule has 0 aromatic rings. The normalized spacial score (nSPS) is 25.0. The van der Waals surface area contributed by atoms with Crippen LogP contribution >= 0.6 is 8.73 Å². The maximum absolute atomic E-state index is 2.28. The molecule has 0 radical (unpaired) electrons. The van der Waals surface area contributed by atoms with Crippen LogP contribution < -0.4 is 0 Å². The van der Waals surface area contributed by atoms with E-state index in [1.54, 1.807) is 0 Å². The van der Waals surface area contributed by atoms with Crippen LogP contribution in [-0.2, 0) is 0 Å². The zero-order valence-corrected chi connectivity index (χ0v) is 6.26. The number of hydrogen-bond donors (Lipinski definition) is 0. The van der Waals surface area contributed by atoms with E-state index < -0.39 is 0 Å². The molecule has 0 spiro atoms. The molecule has 0 N–H and O–H groups in total. The first-order valence-corrected chi connectivity index (χ1v) is 3.66. The zero-order chi connectivity index (χ0) is 5.98. The number of nitrogens with zero attached hydrogens (tertiary/aromatic N) is 2. The summed E-state index contributed by atoms with van der Waals surface area (Å²) < 4.78 is 2.28. The van der Waals surface area contributed by atoms with E-state index in [4.69, 9.17) is 0 Å². The molecule has 46 valence electrons. The summed E-state index contributed by atoms with van der Waals surface area (Å²) in [5.41, 5.74) is 0. The molecule has 0 aliphatic carbocycles. The van der Waals surface area contributed by atoms with Gasteiger partial charge in [-0.3, -0.25) is 4.67 Å². The summed E-state index contributed by atoms with van der Waals surface area (Å²) in [4.78, 5) is 2.16. The molecule has 0 saturated carbocycles. The van der Waals surface area contributed by atoms with E-state index in [0.717, 1.165) is 15.4 Å². The molecule has 0 aromatic carbocycles. The maximum Gasteiger partial charge on any atom is 0.0729 e. The van der Waals surface area contributed by atoms with Gasteiger partial charge in [-0.05, 0) is 21.6 Å². The fourth-order valence-corrected chi connectivity index (χ4v) is 1.59. The predicted octanol–water partition coefficient (Wildman–Crippen LogP) is 0.886. The van der Waals surface area contributed by atoms with Gasteiger partial charge >= 0.3 is 0 Å². The topological polar surface area (TPSA) is 6.48 Å². The zero-order valence-electron chi connectivity index (χ0n) is 5.26. The van der Waals surface area contributed by atoms with Gasteiger partial charge in [0.1, 0.15) is 0 Å². The van der Waals surface area contributed by atoms with Gasteiger partial charge in [0.05, 0.1) is 6.67 Å². The summed E-state index contributed by atoms with van der Waals surface area (Å²) in [5, 5.41) is 0. The minimum atomic E-state index is 0.873. The summed E-state index contributed by atoms with van der Waals surface area (Å²) in [6.45, 7) is 1.06. The van der Waals surface area contributed by atoms with Gasteiger partial charge < -0.3 is 4.90 Å². The molecule has 1 rings (SSSR count). The van der Waals surface area contributed by atoms with Crippen molar-refractivity contribution < 1.29 is 0 Å². The predicted molar refractivity (Wildman–Crippen MR) is 37.8 cm³/mol. The van der Waals surface area contributed by atoms with Crippen LogP contribution in [0.15, 0.2) is 12.0 Å². The second kappa shape index (κ2) is 2.47. The van der Waals surface area contributed by atoms with E-state index in [1.807, 2.05) is 0 Å². The van der Waals surface area contributed by atoms with Crippen LogP contribution in [0.5, 0.6) is 0 Å². The van der Waals surface area contributed by atoms with Crippen LogP contribution in [0.25, 0.3) is 0 Å². The summed E-state index contributed by atoms with van der Waals surface area (Å²) >= 11 is 0. The van der Waals surface area contributed by atoms with Gasteiger partial charge in [-0.25, -0.2) is 0 Å². The Balaban J connectivity index is 2.42. The Labute approximate surface area is 52.0 Å².